The zero-order valence-corrected chi connectivity index (χ0v) is 14.9. The van der Waals surface area contributed by atoms with E-state index in [0.29, 0.717) is 28.8 Å². The lowest BCUT2D eigenvalue weighted by atomic mass is 9.81. The molecule has 9 heteroatoms. The first kappa shape index (κ1) is 17.9. The van der Waals surface area contributed by atoms with Crippen molar-refractivity contribution in [3.8, 4) is 0 Å². The fourth-order valence-corrected chi connectivity index (χ4v) is 4.31. The van der Waals surface area contributed by atoms with Gasteiger partial charge in [0.15, 0.2) is 5.17 Å². The van der Waals surface area contributed by atoms with Crippen LogP contribution >= 0.6 is 11.8 Å². The molecule has 0 saturated carbocycles. The number of nitrogens with zero attached hydrogens (tertiary/aromatic N) is 2. The molecule has 27 heavy (non-hydrogen) atoms. The summed E-state index contributed by atoms with van der Waals surface area (Å²) in [7, 11) is 0. The summed E-state index contributed by atoms with van der Waals surface area (Å²) in [5.74, 6) is -0.815. The van der Waals surface area contributed by atoms with Crippen molar-refractivity contribution in [1.82, 2.24) is 4.98 Å². The molecule has 6 nitrogen and oxygen atoms in total. The van der Waals surface area contributed by atoms with Crippen LogP contribution in [0, 0.1) is 17.6 Å². The minimum atomic E-state index is -0.895. The number of pyridine rings is 1. The van der Waals surface area contributed by atoms with Crippen LogP contribution in [0.3, 0.4) is 0 Å². The van der Waals surface area contributed by atoms with Crippen LogP contribution in [0.5, 0.6) is 0 Å². The van der Waals surface area contributed by atoms with E-state index >= 15 is 0 Å². The molecule has 2 aromatic rings. The van der Waals surface area contributed by atoms with Crippen LogP contribution in [0.4, 0.5) is 14.5 Å². The van der Waals surface area contributed by atoms with Crippen LogP contribution in [-0.4, -0.2) is 35.0 Å². The quantitative estimate of drug-likeness (QED) is 0.841. The van der Waals surface area contributed by atoms with Crippen molar-refractivity contribution in [3.05, 3.63) is 59.4 Å². The molecule has 1 aromatic carbocycles. The molecule has 1 amide bonds. The van der Waals surface area contributed by atoms with E-state index in [1.807, 2.05) is 0 Å². The van der Waals surface area contributed by atoms with Crippen LogP contribution in [-0.2, 0) is 10.3 Å². The van der Waals surface area contributed by atoms with Crippen molar-refractivity contribution >= 4 is 28.5 Å². The molecule has 3 heterocycles. The number of benzene rings is 1. The Kier molecular flexibility index (Phi) is 4.56. The normalized spacial score (nSPS) is 24.2. The maximum atomic E-state index is 14.7. The molecule has 0 unspecified atom stereocenters. The minimum absolute atomic E-state index is 0.00554. The number of aromatic nitrogens is 1. The second kappa shape index (κ2) is 6.90. The molecule has 2 aliphatic heterocycles. The summed E-state index contributed by atoms with van der Waals surface area (Å²) in [5.41, 5.74) is 5.77. The Hall–Kier alpha value is -2.52. The Balaban J connectivity index is 1.67. The lowest BCUT2D eigenvalue weighted by molar-refractivity contribution is 0.102. The number of carbonyl (C=O) groups excluding carboxylic acids is 1. The van der Waals surface area contributed by atoms with Crippen LogP contribution in [0.15, 0.2) is 41.5 Å². The van der Waals surface area contributed by atoms with Crippen LogP contribution in [0.25, 0.3) is 0 Å². The molecule has 4 rings (SSSR count). The first-order valence-electron chi connectivity index (χ1n) is 8.27. The Labute approximate surface area is 158 Å². The van der Waals surface area contributed by atoms with Gasteiger partial charge in [0.1, 0.15) is 22.9 Å². The van der Waals surface area contributed by atoms with Crippen molar-refractivity contribution in [1.29, 1.82) is 0 Å². The van der Waals surface area contributed by atoms with Gasteiger partial charge < -0.3 is 15.8 Å². The minimum Gasteiger partial charge on any atom is -0.379 e. The van der Waals surface area contributed by atoms with Crippen molar-refractivity contribution in [3.63, 3.8) is 0 Å². The number of amides is 1. The van der Waals surface area contributed by atoms with Gasteiger partial charge >= 0.3 is 0 Å². The summed E-state index contributed by atoms with van der Waals surface area (Å²) < 4.78 is 33.2. The molecule has 3 N–H and O–H groups in total. The molecule has 1 saturated heterocycles. The molecular formula is C18H16F2N4O2S. The number of halogens is 2. The fourth-order valence-electron chi connectivity index (χ4n) is 3.33. The Morgan fingerprint density at radius 1 is 1.33 bits per heavy atom. The number of fused-ring (bicyclic) bond motifs is 1. The van der Waals surface area contributed by atoms with Gasteiger partial charge in [0.25, 0.3) is 5.91 Å². The SMILES string of the molecule is NC1=N[C@@]2(c3cc(NC(=O)c4ccc(F)cn4)ccc3F)COC[C@@H]2CS1. The van der Waals surface area contributed by atoms with Gasteiger partial charge in [-0.15, -0.1) is 0 Å². The smallest absolute Gasteiger partial charge is 0.274 e. The number of amidine groups is 1. The molecule has 0 bridgehead atoms. The van der Waals surface area contributed by atoms with Gasteiger partial charge in [-0.3, -0.25) is 4.79 Å². The Morgan fingerprint density at radius 3 is 2.96 bits per heavy atom. The first-order chi connectivity index (χ1) is 13.0. The summed E-state index contributed by atoms with van der Waals surface area (Å²) in [6.07, 6.45) is 0.960. The van der Waals surface area contributed by atoms with E-state index in [4.69, 9.17) is 10.5 Å². The number of carbonyl (C=O) groups is 1. The predicted octanol–water partition coefficient (Wildman–Crippen LogP) is 2.52. The predicted molar refractivity (Wildman–Crippen MR) is 98.6 cm³/mol. The molecule has 0 radical (unpaired) electrons. The lowest BCUT2D eigenvalue weighted by Crippen LogP contribution is -2.40. The number of hydrogen-bond acceptors (Lipinski definition) is 6. The molecule has 1 fully saturated rings. The van der Waals surface area contributed by atoms with E-state index in [0.717, 1.165) is 12.3 Å². The van der Waals surface area contributed by atoms with E-state index in [1.165, 1.54) is 30.0 Å². The van der Waals surface area contributed by atoms with Crippen LogP contribution in [0.2, 0.25) is 0 Å². The number of rotatable bonds is 3. The summed E-state index contributed by atoms with van der Waals surface area (Å²) >= 11 is 1.42. The van der Waals surface area contributed by atoms with Gasteiger partial charge in [0.2, 0.25) is 0 Å². The molecule has 140 valence electrons. The number of anilines is 1. The number of hydrogen-bond donors (Lipinski definition) is 2. The lowest BCUT2D eigenvalue weighted by Gasteiger charge is -2.34. The molecule has 1 aromatic heterocycles. The van der Waals surface area contributed by atoms with Crippen molar-refractivity contribution in [2.24, 2.45) is 16.6 Å². The van der Waals surface area contributed by atoms with Gasteiger partial charge in [-0.05, 0) is 30.3 Å². The van der Waals surface area contributed by atoms with Crippen molar-refractivity contribution < 1.29 is 18.3 Å². The van der Waals surface area contributed by atoms with E-state index < -0.39 is 23.1 Å². The van der Waals surface area contributed by atoms with Crippen LogP contribution < -0.4 is 11.1 Å². The van der Waals surface area contributed by atoms with E-state index in [-0.39, 0.29) is 18.2 Å². The van der Waals surface area contributed by atoms with E-state index in [2.05, 4.69) is 15.3 Å². The summed E-state index contributed by atoms with van der Waals surface area (Å²) in [6, 6.07) is 6.70. The molecule has 2 atom stereocenters. The van der Waals surface area contributed by atoms with E-state index in [9.17, 15) is 13.6 Å². The highest BCUT2D eigenvalue weighted by Gasteiger charge is 2.49. The highest BCUT2D eigenvalue weighted by molar-refractivity contribution is 8.13. The average Bonchev–Trinajstić information content (AvgIpc) is 3.07. The highest BCUT2D eigenvalue weighted by atomic mass is 32.2. The largest absolute Gasteiger partial charge is 0.379 e. The number of nitrogens with two attached hydrogens (primary N) is 1. The van der Waals surface area contributed by atoms with Gasteiger partial charge in [0, 0.05) is 22.9 Å². The maximum Gasteiger partial charge on any atom is 0.274 e. The van der Waals surface area contributed by atoms with E-state index in [1.54, 1.807) is 6.07 Å². The number of aliphatic imine (C=N–C) groups is 1. The summed E-state index contributed by atoms with van der Waals surface area (Å²) in [4.78, 5) is 20.6. The summed E-state index contributed by atoms with van der Waals surface area (Å²) in [5, 5.41) is 3.05. The van der Waals surface area contributed by atoms with Gasteiger partial charge in [-0.25, -0.2) is 18.8 Å². The zero-order chi connectivity index (χ0) is 19.0. The third kappa shape index (κ3) is 3.28. The first-order valence-corrected chi connectivity index (χ1v) is 9.25. The maximum absolute atomic E-state index is 14.7. The molecule has 2 aliphatic rings. The topological polar surface area (TPSA) is 89.6 Å². The number of nitrogens with one attached hydrogen (secondary N) is 1. The second-order valence-electron chi connectivity index (χ2n) is 6.41. The zero-order valence-electron chi connectivity index (χ0n) is 14.1. The molecule has 0 spiro atoms. The molecular weight excluding hydrogens is 374 g/mol. The average molecular weight is 390 g/mol. The fraction of sp³-hybridized carbons (Fsp3) is 0.278. The standard InChI is InChI=1S/C18H16F2N4O2S/c19-11-1-4-15(22-6-11)16(25)23-12-2-3-14(20)13(5-12)18-9-26-7-10(18)8-27-17(21)24-18/h1-6,10H,7-9H2,(H2,21,24)(H,23,25)/t10-,18+/m1/s1. The highest BCUT2D eigenvalue weighted by Crippen LogP contribution is 2.45. The Bertz CT molecular complexity index is 922. The monoisotopic (exact) mass is 390 g/mol. The number of ether oxygens (including phenoxy) is 1. The van der Waals surface area contributed by atoms with Gasteiger partial charge in [-0.1, -0.05) is 11.8 Å². The Morgan fingerprint density at radius 2 is 2.19 bits per heavy atom. The number of thioether (sulfide) groups is 1. The third-order valence-electron chi connectivity index (χ3n) is 4.71. The van der Waals surface area contributed by atoms with Gasteiger partial charge in [-0.2, -0.15) is 0 Å². The van der Waals surface area contributed by atoms with Crippen molar-refractivity contribution in [2.45, 2.75) is 5.54 Å². The summed E-state index contributed by atoms with van der Waals surface area (Å²) in [6.45, 7) is 0.700. The third-order valence-corrected chi connectivity index (χ3v) is 5.67. The molecule has 0 aliphatic carbocycles. The van der Waals surface area contributed by atoms with Crippen LogP contribution in [0.1, 0.15) is 16.1 Å². The van der Waals surface area contributed by atoms with Gasteiger partial charge in [0.05, 0.1) is 19.4 Å². The van der Waals surface area contributed by atoms with Crippen molar-refractivity contribution in [2.75, 3.05) is 24.3 Å². The second-order valence-corrected chi connectivity index (χ2v) is 7.45.